The number of nitrogens with one attached hydrogen (secondary N) is 2. The normalized spacial score (nSPS) is 14.6. The van der Waals surface area contributed by atoms with Gasteiger partial charge < -0.3 is 20.8 Å². The third-order valence-electron chi connectivity index (χ3n) is 1.29. The van der Waals surface area contributed by atoms with Crippen LogP contribution >= 0.6 is 0 Å². The summed E-state index contributed by atoms with van der Waals surface area (Å²) in [6.45, 7) is 1.33. The fourth-order valence-corrected chi connectivity index (χ4v) is 0.694. The number of likely N-dealkylation sites (N-methyl/N-ethyl adjacent to an activating group) is 1. The highest BCUT2D eigenvalue weighted by Crippen LogP contribution is 1.92. The number of aliphatic hydroxyl groups is 1. The summed E-state index contributed by atoms with van der Waals surface area (Å²) in [7, 11) is 1.36. The van der Waals surface area contributed by atoms with Gasteiger partial charge in [-0.2, -0.15) is 0 Å². The fourth-order valence-electron chi connectivity index (χ4n) is 0.694. The Kier molecular flexibility index (Phi) is 4.06. The number of hydrogen-bond acceptors (Lipinski definition) is 3. The fraction of sp³-hybridized carbons (Fsp3) is 0.667. The molecule has 0 aliphatic rings. The number of carbonyl (C=O) groups excluding carboxylic acids is 1. The van der Waals surface area contributed by atoms with E-state index >= 15 is 0 Å². The zero-order valence-electron chi connectivity index (χ0n) is 6.87. The molecule has 6 heteroatoms. The standard InChI is InChI=1S/C6H12N2O4/c1-3(9)4(5(10)7-2)8-6(11)12/h3-4,8-9H,1-2H3,(H,7,10)(H,11,12). The summed E-state index contributed by atoms with van der Waals surface area (Å²) in [5.74, 6) is -0.563. The third-order valence-corrected chi connectivity index (χ3v) is 1.29. The molecule has 12 heavy (non-hydrogen) atoms. The van der Waals surface area contributed by atoms with Crippen LogP contribution in [-0.2, 0) is 4.79 Å². The average molecular weight is 176 g/mol. The molecule has 0 aliphatic heterocycles. The molecular weight excluding hydrogens is 164 g/mol. The Morgan fingerprint density at radius 1 is 1.42 bits per heavy atom. The van der Waals surface area contributed by atoms with Gasteiger partial charge in [-0.1, -0.05) is 0 Å². The molecule has 0 fully saturated rings. The van der Waals surface area contributed by atoms with Crippen molar-refractivity contribution in [3.8, 4) is 0 Å². The second-order valence-corrected chi connectivity index (χ2v) is 2.28. The van der Waals surface area contributed by atoms with Crippen LogP contribution in [-0.4, -0.2) is 41.4 Å². The Bertz CT molecular complexity index is 180. The van der Waals surface area contributed by atoms with E-state index in [0.29, 0.717) is 0 Å². The smallest absolute Gasteiger partial charge is 0.405 e. The molecule has 0 bridgehead atoms. The van der Waals surface area contributed by atoms with E-state index in [9.17, 15) is 9.59 Å². The zero-order valence-corrected chi connectivity index (χ0v) is 6.87. The maximum absolute atomic E-state index is 10.9. The third kappa shape index (κ3) is 3.20. The summed E-state index contributed by atoms with van der Waals surface area (Å²) in [6, 6.07) is -1.12. The topological polar surface area (TPSA) is 98.7 Å². The average Bonchev–Trinajstić information content (AvgIpc) is 1.98. The minimum Gasteiger partial charge on any atom is -0.465 e. The Labute approximate surface area is 69.6 Å². The maximum Gasteiger partial charge on any atom is 0.405 e. The first-order valence-corrected chi connectivity index (χ1v) is 3.38. The molecule has 2 amide bonds. The number of carboxylic acid groups (broad SMARTS) is 1. The molecule has 0 saturated carbocycles. The van der Waals surface area contributed by atoms with E-state index in [1.54, 1.807) is 0 Å². The summed E-state index contributed by atoms with van der Waals surface area (Å²) in [6.07, 6.45) is -2.40. The molecule has 70 valence electrons. The van der Waals surface area contributed by atoms with Gasteiger partial charge in [0, 0.05) is 7.05 Å². The molecular formula is C6H12N2O4. The van der Waals surface area contributed by atoms with E-state index in [0.717, 1.165) is 0 Å². The number of rotatable bonds is 3. The van der Waals surface area contributed by atoms with Crippen LogP contribution in [0.4, 0.5) is 4.79 Å². The second kappa shape index (κ2) is 4.55. The van der Waals surface area contributed by atoms with Crippen LogP contribution in [0.2, 0.25) is 0 Å². The van der Waals surface area contributed by atoms with Gasteiger partial charge in [-0.25, -0.2) is 4.79 Å². The molecule has 2 atom stereocenters. The van der Waals surface area contributed by atoms with Gasteiger partial charge >= 0.3 is 6.09 Å². The summed E-state index contributed by atoms with van der Waals surface area (Å²) < 4.78 is 0. The van der Waals surface area contributed by atoms with Crippen molar-refractivity contribution >= 4 is 12.0 Å². The van der Waals surface area contributed by atoms with Crippen molar-refractivity contribution in [1.29, 1.82) is 0 Å². The Hall–Kier alpha value is -1.30. The van der Waals surface area contributed by atoms with Crippen LogP contribution in [0.5, 0.6) is 0 Å². The maximum atomic E-state index is 10.9. The molecule has 0 radical (unpaired) electrons. The SMILES string of the molecule is CNC(=O)C(NC(=O)O)C(C)O. The van der Waals surface area contributed by atoms with Gasteiger partial charge in [-0.15, -0.1) is 0 Å². The molecule has 0 rings (SSSR count). The van der Waals surface area contributed by atoms with E-state index in [2.05, 4.69) is 5.32 Å². The minimum absolute atomic E-state index is 0.563. The first-order chi connectivity index (χ1) is 5.49. The lowest BCUT2D eigenvalue weighted by Gasteiger charge is -2.17. The Morgan fingerprint density at radius 2 is 1.92 bits per heavy atom. The van der Waals surface area contributed by atoms with Gasteiger partial charge in [0.15, 0.2) is 0 Å². The molecule has 0 heterocycles. The molecule has 0 aromatic carbocycles. The highest BCUT2D eigenvalue weighted by atomic mass is 16.4. The van der Waals surface area contributed by atoms with Gasteiger partial charge in [0.2, 0.25) is 5.91 Å². The van der Waals surface area contributed by atoms with Gasteiger partial charge in [-0.3, -0.25) is 4.79 Å². The molecule has 4 N–H and O–H groups in total. The van der Waals surface area contributed by atoms with Crippen molar-refractivity contribution in [3.05, 3.63) is 0 Å². The largest absolute Gasteiger partial charge is 0.465 e. The molecule has 0 aliphatic carbocycles. The first-order valence-electron chi connectivity index (χ1n) is 3.38. The number of hydrogen-bond donors (Lipinski definition) is 4. The van der Waals surface area contributed by atoms with Gasteiger partial charge in [-0.05, 0) is 6.92 Å². The van der Waals surface area contributed by atoms with Crippen LogP contribution < -0.4 is 10.6 Å². The van der Waals surface area contributed by atoms with Crippen molar-refractivity contribution in [2.24, 2.45) is 0 Å². The van der Waals surface area contributed by atoms with Crippen molar-refractivity contribution < 1.29 is 19.8 Å². The number of carbonyl (C=O) groups is 2. The summed E-state index contributed by atoms with van der Waals surface area (Å²) in [4.78, 5) is 21.0. The highest BCUT2D eigenvalue weighted by Gasteiger charge is 2.23. The van der Waals surface area contributed by atoms with Crippen LogP contribution in [0.15, 0.2) is 0 Å². The lowest BCUT2D eigenvalue weighted by atomic mass is 10.2. The number of aliphatic hydroxyl groups excluding tert-OH is 1. The first kappa shape index (κ1) is 10.7. The quantitative estimate of drug-likeness (QED) is 0.431. The molecule has 0 aromatic heterocycles. The van der Waals surface area contributed by atoms with Crippen LogP contribution in [0, 0.1) is 0 Å². The minimum atomic E-state index is -1.34. The van der Waals surface area contributed by atoms with Crippen molar-refractivity contribution in [3.63, 3.8) is 0 Å². The van der Waals surface area contributed by atoms with Crippen molar-refractivity contribution in [2.75, 3.05) is 7.05 Å². The van der Waals surface area contributed by atoms with Gasteiger partial charge in [0.05, 0.1) is 6.10 Å². The van der Waals surface area contributed by atoms with Crippen molar-refractivity contribution in [2.45, 2.75) is 19.1 Å². The van der Waals surface area contributed by atoms with Gasteiger partial charge in [0.1, 0.15) is 6.04 Å². The van der Waals surface area contributed by atoms with Crippen LogP contribution in [0.1, 0.15) is 6.92 Å². The van der Waals surface area contributed by atoms with Crippen LogP contribution in [0.3, 0.4) is 0 Å². The predicted octanol–water partition coefficient (Wildman–Crippen LogP) is -1.25. The van der Waals surface area contributed by atoms with E-state index in [1.807, 2.05) is 5.32 Å². The Morgan fingerprint density at radius 3 is 2.17 bits per heavy atom. The molecule has 0 saturated heterocycles. The summed E-state index contributed by atoms with van der Waals surface area (Å²) >= 11 is 0. The summed E-state index contributed by atoms with van der Waals surface area (Å²) in [5, 5.41) is 21.4. The van der Waals surface area contributed by atoms with E-state index in [-0.39, 0.29) is 0 Å². The Balaban J connectivity index is 4.23. The number of amides is 2. The van der Waals surface area contributed by atoms with Crippen molar-refractivity contribution in [1.82, 2.24) is 10.6 Å². The van der Waals surface area contributed by atoms with E-state index in [4.69, 9.17) is 10.2 Å². The highest BCUT2D eigenvalue weighted by molar-refractivity contribution is 5.85. The zero-order chi connectivity index (χ0) is 9.72. The van der Waals surface area contributed by atoms with Crippen LogP contribution in [0.25, 0.3) is 0 Å². The summed E-state index contributed by atoms with van der Waals surface area (Å²) in [5.41, 5.74) is 0. The van der Waals surface area contributed by atoms with Gasteiger partial charge in [0.25, 0.3) is 0 Å². The molecule has 0 aromatic rings. The molecule has 0 spiro atoms. The second-order valence-electron chi connectivity index (χ2n) is 2.28. The van der Waals surface area contributed by atoms with E-state index < -0.39 is 24.1 Å². The molecule has 2 unspecified atom stereocenters. The predicted molar refractivity (Wildman–Crippen MR) is 40.7 cm³/mol. The monoisotopic (exact) mass is 176 g/mol. The lowest BCUT2D eigenvalue weighted by molar-refractivity contribution is -0.124. The molecule has 6 nitrogen and oxygen atoms in total. The van der Waals surface area contributed by atoms with E-state index in [1.165, 1.54) is 14.0 Å². The lowest BCUT2D eigenvalue weighted by Crippen LogP contribution is -2.51.